The van der Waals surface area contributed by atoms with Crippen LogP contribution in [0.4, 0.5) is 4.79 Å². The number of nitrogens with zero attached hydrogens (tertiary/aromatic N) is 2. The van der Waals surface area contributed by atoms with Crippen LogP contribution in [0.3, 0.4) is 0 Å². The molecule has 1 aromatic carbocycles. The molecule has 1 aromatic rings. The number of rotatable bonds is 5. The normalized spacial score (nSPS) is 18.2. The van der Waals surface area contributed by atoms with Gasteiger partial charge in [-0.1, -0.05) is 30.7 Å². The lowest BCUT2D eigenvalue weighted by atomic mass is 10.1. The fraction of sp³-hybridized carbons (Fsp3) is 0.632. The molecule has 0 N–H and O–H groups in total. The number of ether oxygens (including phenoxy) is 1. The summed E-state index contributed by atoms with van der Waals surface area (Å²) in [5.74, 6) is 0.504. The maximum Gasteiger partial charge on any atom is 0.410 e. The molecule has 2 rings (SSSR count). The van der Waals surface area contributed by atoms with Crippen molar-refractivity contribution in [1.29, 1.82) is 0 Å². The van der Waals surface area contributed by atoms with Crippen LogP contribution < -0.4 is 0 Å². The fourth-order valence-electron chi connectivity index (χ4n) is 2.99. The summed E-state index contributed by atoms with van der Waals surface area (Å²) in [5.41, 5.74) is 0.836. The van der Waals surface area contributed by atoms with Gasteiger partial charge in [-0.25, -0.2) is 4.79 Å². The lowest BCUT2D eigenvalue weighted by molar-refractivity contribution is 0.0285. The Labute approximate surface area is 150 Å². The van der Waals surface area contributed by atoms with Gasteiger partial charge in [0.2, 0.25) is 0 Å². The van der Waals surface area contributed by atoms with E-state index in [0.717, 1.165) is 44.2 Å². The first-order valence-electron chi connectivity index (χ1n) is 8.71. The van der Waals surface area contributed by atoms with Crippen molar-refractivity contribution < 1.29 is 9.53 Å². The number of carbonyl (C=O) groups excluding carboxylic acids is 1. The van der Waals surface area contributed by atoms with E-state index in [4.69, 9.17) is 16.3 Å². The van der Waals surface area contributed by atoms with Gasteiger partial charge in [0, 0.05) is 31.2 Å². The van der Waals surface area contributed by atoms with Gasteiger partial charge in [0.05, 0.1) is 0 Å². The standard InChI is InChI=1S/C19H29ClN2O2/c1-5-21(12-15-6-8-17(20)9-7-15)13-16-10-11-22(14-16)18(23)24-19(2,3)4/h6-9,16H,5,10-14H2,1-4H3. The van der Waals surface area contributed by atoms with Crippen molar-refractivity contribution in [2.75, 3.05) is 26.2 Å². The van der Waals surface area contributed by atoms with Crippen molar-refractivity contribution in [3.05, 3.63) is 34.9 Å². The topological polar surface area (TPSA) is 32.8 Å². The Balaban J connectivity index is 1.84. The summed E-state index contributed by atoms with van der Waals surface area (Å²) in [6.45, 7) is 12.4. The zero-order chi connectivity index (χ0) is 17.7. The second-order valence-electron chi connectivity index (χ2n) is 7.54. The Morgan fingerprint density at radius 3 is 2.58 bits per heavy atom. The minimum Gasteiger partial charge on any atom is -0.444 e. The second kappa shape index (κ2) is 8.21. The average Bonchev–Trinajstić information content (AvgIpc) is 2.96. The zero-order valence-electron chi connectivity index (χ0n) is 15.2. The van der Waals surface area contributed by atoms with Crippen molar-refractivity contribution in [2.24, 2.45) is 5.92 Å². The Hall–Kier alpha value is -1.26. The number of amides is 1. The molecule has 4 nitrogen and oxygen atoms in total. The fourth-order valence-corrected chi connectivity index (χ4v) is 3.12. The van der Waals surface area contributed by atoms with E-state index in [1.165, 1.54) is 5.56 Å². The molecule has 1 aliphatic rings. The molecule has 134 valence electrons. The van der Waals surface area contributed by atoms with E-state index < -0.39 is 5.60 Å². The lowest BCUT2D eigenvalue weighted by Gasteiger charge is -2.26. The van der Waals surface area contributed by atoms with Gasteiger partial charge in [0.25, 0.3) is 0 Å². The third kappa shape index (κ3) is 5.99. The molecule has 0 bridgehead atoms. The van der Waals surface area contributed by atoms with Crippen LogP contribution in [-0.4, -0.2) is 47.7 Å². The number of hydrogen-bond donors (Lipinski definition) is 0. The van der Waals surface area contributed by atoms with Crippen LogP contribution in [0.5, 0.6) is 0 Å². The van der Waals surface area contributed by atoms with E-state index in [1.54, 1.807) is 0 Å². The molecule has 0 radical (unpaired) electrons. The Kier molecular flexibility index (Phi) is 6.53. The minimum atomic E-state index is -0.431. The summed E-state index contributed by atoms with van der Waals surface area (Å²) in [5, 5.41) is 0.769. The number of likely N-dealkylation sites (tertiary alicyclic amines) is 1. The highest BCUT2D eigenvalue weighted by molar-refractivity contribution is 6.30. The molecule has 5 heteroatoms. The highest BCUT2D eigenvalue weighted by Gasteiger charge is 2.30. The molecule has 0 aromatic heterocycles. The highest BCUT2D eigenvalue weighted by Crippen LogP contribution is 2.21. The molecule has 1 aliphatic heterocycles. The summed E-state index contributed by atoms with van der Waals surface area (Å²) in [6.07, 6.45) is 0.849. The van der Waals surface area contributed by atoms with Crippen LogP contribution in [0.15, 0.2) is 24.3 Å². The molecular formula is C19H29ClN2O2. The smallest absolute Gasteiger partial charge is 0.410 e. The quantitative estimate of drug-likeness (QED) is 0.786. The van der Waals surface area contributed by atoms with Crippen LogP contribution in [0, 0.1) is 5.92 Å². The maximum atomic E-state index is 12.2. The predicted molar refractivity (Wildman–Crippen MR) is 98.3 cm³/mol. The van der Waals surface area contributed by atoms with E-state index in [-0.39, 0.29) is 6.09 Å². The van der Waals surface area contributed by atoms with Gasteiger partial charge in [-0.15, -0.1) is 0 Å². The van der Waals surface area contributed by atoms with Gasteiger partial charge >= 0.3 is 6.09 Å². The van der Waals surface area contributed by atoms with Gasteiger partial charge in [0.1, 0.15) is 5.60 Å². The molecule has 24 heavy (non-hydrogen) atoms. The zero-order valence-corrected chi connectivity index (χ0v) is 16.0. The number of hydrogen-bond acceptors (Lipinski definition) is 3. The largest absolute Gasteiger partial charge is 0.444 e. The summed E-state index contributed by atoms with van der Waals surface area (Å²) in [6, 6.07) is 8.02. The van der Waals surface area contributed by atoms with Crippen molar-refractivity contribution in [1.82, 2.24) is 9.80 Å². The predicted octanol–water partition coefficient (Wildman–Crippen LogP) is 4.42. The number of benzene rings is 1. The third-order valence-corrected chi connectivity index (χ3v) is 4.47. The molecule has 0 saturated carbocycles. The minimum absolute atomic E-state index is 0.189. The first kappa shape index (κ1) is 19.1. The first-order chi connectivity index (χ1) is 11.3. The molecule has 0 aliphatic carbocycles. The van der Waals surface area contributed by atoms with Crippen LogP contribution in [0.2, 0.25) is 5.02 Å². The van der Waals surface area contributed by atoms with Crippen LogP contribution >= 0.6 is 11.6 Å². The van der Waals surface area contributed by atoms with Gasteiger partial charge in [-0.05, 0) is 57.4 Å². The average molecular weight is 353 g/mol. The summed E-state index contributed by atoms with van der Waals surface area (Å²) >= 11 is 5.95. The van der Waals surface area contributed by atoms with E-state index in [2.05, 4.69) is 24.0 Å². The molecule has 1 unspecified atom stereocenters. The van der Waals surface area contributed by atoms with Crippen molar-refractivity contribution in [2.45, 2.75) is 46.3 Å². The molecule has 1 heterocycles. The second-order valence-corrected chi connectivity index (χ2v) is 7.97. The highest BCUT2D eigenvalue weighted by atomic mass is 35.5. The van der Waals surface area contributed by atoms with Crippen molar-refractivity contribution in [3.8, 4) is 0 Å². The Morgan fingerprint density at radius 1 is 1.33 bits per heavy atom. The molecule has 0 spiro atoms. The molecular weight excluding hydrogens is 324 g/mol. The summed E-state index contributed by atoms with van der Waals surface area (Å²) in [4.78, 5) is 16.4. The molecule has 1 atom stereocenters. The number of halogens is 1. The van der Waals surface area contributed by atoms with Gasteiger partial charge < -0.3 is 9.64 Å². The monoisotopic (exact) mass is 352 g/mol. The van der Waals surface area contributed by atoms with Gasteiger partial charge in [-0.3, -0.25) is 4.90 Å². The lowest BCUT2D eigenvalue weighted by Crippen LogP contribution is -2.36. The van der Waals surface area contributed by atoms with Crippen LogP contribution in [0.25, 0.3) is 0 Å². The molecule has 1 saturated heterocycles. The van der Waals surface area contributed by atoms with Crippen molar-refractivity contribution >= 4 is 17.7 Å². The van der Waals surface area contributed by atoms with Crippen molar-refractivity contribution in [3.63, 3.8) is 0 Å². The molecule has 1 fully saturated rings. The number of carbonyl (C=O) groups is 1. The van der Waals surface area contributed by atoms with E-state index >= 15 is 0 Å². The Morgan fingerprint density at radius 2 is 2.00 bits per heavy atom. The molecule has 1 amide bonds. The maximum absolute atomic E-state index is 12.2. The van der Waals surface area contributed by atoms with E-state index in [0.29, 0.717) is 5.92 Å². The van der Waals surface area contributed by atoms with E-state index in [9.17, 15) is 4.79 Å². The van der Waals surface area contributed by atoms with Gasteiger partial charge in [-0.2, -0.15) is 0 Å². The summed E-state index contributed by atoms with van der Waals surface area (Å²) < 4.78 is 5.47. The SMILES string of the molecule is CCN(Cc1ccc(Cl)cc1)CC1CCN(C(=O)OC(C)(C)C)C1. The third-order valence-electron chi connectivity index (χ3n) is 4.22. The first-order valence-corrected chi connectivity index (χ1v) is 9.09. The van der Waals surface area contributed by atoms with Crippen LogP contribution in [0.1, 0.15) is 39.7 Å². The Bertz CT molecular complexity index is 539. The van der Waals surface area contributed by atoms with Gasteiger partial charge in [0.15, 0.2) is 0 Å². The van der Waals surface area contributed by atoms with E-state index in [1.807, 2.05) is 37.8 Å². The van der Waals surface area contributed by atoms with Crippen LogP contribution in [-0.2, 0) is 11.3 Å². The summed E-state index contributed by atoms with van der Waals surface area (Å²) in [7, 11) is 0.